The highest BCUT2D eigenvalue weighted by Gasteiger charge is 2.13. The van der Waals surface area contributed by atoms with Gasteiger partial charge in [-0.3, -0.25) is 11.1 Å². The molecule has 0 spiro atoms. The van der Waals surface area contributed by atoms with Gasteiger partial charge in [0.05, 0.1) is 4.90 Å². The number of nitrogens with two attached hydrogens (primary N) is 2. The monoisotopic (exact) mass is 235 g/mol. The van der Waals surface area contributed by atoms with E-state index < -0.39 is 0 Å². The van der Waals surface area contributed by atoms with E-state index in [0.717, 1.165) is 11.8 Å². The second kappa shape index (κ2) is 3.94. The number of thioether (sulfide) groups is 1. The average Bonchev–Trinajstić information content (AvgIpc) is 2.25. The predicted octanol–water partition coefficient (Wildman–Crippen LogP) is 0.417. The fourth-order valence-electron chi connectivity index (χ4n) is 1.52. The van der Waals surface area contributed by atoms with Crippen LogP contribution < -0.4 is 11.1 Å². The maximum absolute atomic E-state index is 9.97. The molecule has 0 saturated heterocycles. The van der Waals surface area contributed by atoms with Crippen LogP contribution >= 0.6 is 11.8 Å². The van der Waals surface area contributed by atoms with Crippen molar-refractivity contribution in [1.29, 1.82) is 0 Å². The Balaban J connectivity index is 2.70. The Morgan fingerprint density at radius 1 is 1.19 bits per heavy atom. The first kappa shape index (κ1) is 10.6. The van der Waals surface area contributed by atoms with E-state index in [0.29, 0.717) is 15.7 Å². The van der Waals surface area contributed by atoms with Gasteiger partial charge in [-0.2, -0.15) is 0 Å². The molecule has 0 radical (unpaired) electrons. The second-order valence-corrected chi connectivity index (χ2v) is 4.41. The second-order valence-electron chi connectivity index (χ2n) is 3.29. The number of phenols is 2. The zero-order valence-electron chi connectivity index (χ0n) is 8.34. The number of benzene rings is 2. The third-order valence-electron chi connectivity index (χ3n) is 2.19. The number of fused-ring (bicyclic) bond motifs is 1. The molecule has 5 heteroatoms. The van der Waals surface area contributed by atoms with Gasteiger partial charge in [0, 0.05) is 22.5 Å². The first-order valence-electron chi connectivity index (χ1n) is 4.59. The minimum absolute atomic E-state index is 0.0757. The molecule has 2 aromatic rings. The van der Waals surface area contributed by atoms with E-state index in [9.17, 15) is 10.2 Å². The fourth-order valence-corrected chi connectivity index (χ4v) is 2.15. The highest BCUT2D eigenvalue weighted by atomic mass is 32.2. The molecule has 0 fully saturated rings. The first-order valence-corrected chi connectivity index (χ1v) is 5.40. The van der Waals surface area contributed by atoms with Crippen LogP contribution in [0.5, 0.6) is 11.5 Å². The molecule has 4 nitrogen and oxygen atoms in total. The highest BCUT2D eigenvalue weighted by molar-refractivity contribution is 8.13. The van der Waals surface area contributed by atoms with Gasteiger partial charge in [-0.15, -0.1) is 0 Å². The lowest BCUT2D eigenvalue weighted by Crippen LogP contribution is -2.43. The van der Waals surface area contributed by atoms with Gasteiger partial charge in [0.15, 0.2) is 0 Å². The molecule has 2 aromatic carbocycles. The number of rotatable bonds is 1. The SMILES string of the molecule is NC(=[NH2+])Sc1cc(O)c2ccccc2c1O. The molecule has 0 aliphatic carbocycles. The van der Waals surface area contributed by atoms with E-state index in [4.69, 9.17) is 11.1 Å². The van der Waals surface area contributed by atoms with Crippen molar-refractivity contribution in [3.63, 3.8) is 0 Å². The molecular weight excluding hydrogens is 224 g/mol. The van der Waals surface area contributed by atoms with Crippen molar-refractivity contribution in [2.24, 2.45) is 5.73 Å². The lowest BCUT2D eigenvalue weighted by Gasteiger charge is -2.07. The molecule has 0 aliphatic rings. The van der Waals surface area contributed by atoms with Crippen LogP contribution in [0.15, 0.2) is 35.2 Å². The van der Waals surface area contributed by atoms with Crippen molar-refractivity contribution in [3.8, 4) is 11.5 Å². The Morgan fingerprint density at radius 3 is 2.44 bits per heavy atom. The summed E-state index contributed by atoms with van der Waals surface area (Å²) in [5.41, 5.74) is 5.35. The number of aromatic hydroxyl groups is 2. The molecule has 0 aliphatic heterocycles. The van der Waals surface area contributed by atoms with Crippen molar-refractivity contribution < 1.29 is 15.6 Å². The molecule has 0 bridgehead atoms. The van der Waals surface area contributed by atoms with Crippen LogP contribution in [-0.2, 0) is 0 Å². The zero-order chi connectivity index (χ0) is 11.7. The van der Waals surface area contributed by atoms with Gasteiger partial charge in [0.1, 0.15) is 11.5 Å². The smallest absolute Gasteiger partial charge is 0.304 e. The highest BCUT2D eigenvalue weighted by Crippen LogP contribution is 2.39. The zero-order valence-corrected chi connectivity index (χ0v) is 9.16. The number of phenolic OH excluding ortho intramolecular Hbond substituents is 2. The average molecular weight is 235 g/mol. The minimum atomic E-state index is 0.0757. The van der Waals surface area contributed by atoms with E-state index in [-0.39, 0.29) is 16.7 Å². The predicted molar refractivity (Wildman–Crippen MR) is 64.3 cm³/mol. The normalized spacial score (nSPS) is 10.5. The summed E-state index contributed by atoms with van der Waals surface area (Å²) < 4.78 is 0. The largest absolute Gasteiger partial charge is 0.507 e. The standard InChI is InChI=1S/C11H10N2O2S/c12-11(13)16-9-5-8(14)6-3-1-2-4-7(6)10(9)15/h1-5,14-15H,(H3,12,13)/p+1. The molecular formula is C11H11N2O2S+. The molecule has 82 valence electrons. The Labute approximate surface area is 96.2 Å². The number of hydrogen-bond acceptors (Lipinski definition) is 3. The molecule has 6 N–H and O–H groups in total. The van der Waals surface area contributed by atoms with Crippen LogP contribution in [0.4, 0.5) is 0 Å². The Morgan fingerprint density at radius 2 is 1.81 bits per heavy atom. The van der Waals surface area contributed by atoms with Crippen molar-refractivity contribution in [2.75, 3.05) is 0 Å². The Bertz CT molecular complexity index is 569. The quantitative estimate of drug-likeness (QED) is 0.249. The van der Waals surface area contributed by atoms with E-state index in [2.05, 4.69) is 0 Å². The lowest BCUT2D eigenvalue weighted by atomic mass is 10.1. The van der Waals surface area contributed by atoms with Crippen molar-refractivity contribution >= 4 is 27.7 Å². The molecule has 16 heavy (non-hydrogen) atoms. The van der Waals surface area contributed by atoms with Crippen molar-refractivity contribution in [3.05, 3.63) is 30.3 Å². The van der Waals surface area contributed by atoms with Gasteiger partial charge < -0.3 is 10.2 Å². The molecule has 0 atom stereocenters. The van der Waals surface area contributed by atoms with Crippen LogP contribution in [0.25, 0.3) is 10.8 Å². The third-order valence-corrected chi connectivity index (χ3v) is 2.95. The lowest BCUT2D eigenvalue weighted by molar-refractivity contribution is -0.110. The third kappa shape index (κ3) is 1.77. The van der Waals surface area contributed by atoms with E-state index in [1.54, 1.807) is 24.3 Å². The van der Waals surface area contributed by atoms with Gasteiger partial charge in [0.25, 0.3) is 0 Å². The van der Waals surface area contributed by atoms with Crippen molar-refractivity contribution in [2.45, 2.75) is 4.90 Å². The van der Waals surface area contributed by atoms with Crippen LogP contribution in [0.1, 0.15) is 0 Å². The van der Waals surface area contributed by atoms with E-state index >= 15 is 0 Å². The van der Waals surface area contributed by atoms with Crippen molar-refractivity contribution in [1.82, 2.24) is 0 Å². The summed E-state index contributed by atoms with van der Waals surface area (Å²) in [5.74, 6) is 0.170. The summed E-state index contributed by atoms with van der Waals surface area (Å²) in [6.45, 7) is 0. The topological polar surface area (TPSA) is 92.1 Å². The van der Waals surface area contributed by atoms with E-state index in [1.807, 2.05) is 0 Å². The number of amidine groups is 1. The summed E-state index contributed by atoms with van der Waals surface area (Å²) in [6.07, 6.45) is 0. The molecule has 0 unspecified atom stereocenters. The Kier molecular flexibility index (Phi) is 2.62. The number of hydrogen-bond donors (Lipinski definition) is 4. The molecule has 0 heterocycles. The van der Waals surface area contributed by atoms with Gasteiger partial charge in [-0.25, -0.2) is 0 Å². The van der Waals surface area contributed by atoms with E-state index in [1.165, 1.54) is 6.07 Å². The molecule has 0 aromatic heterocycles. The minimum Gasteiger partial charge on any atom is -0.507 e. The molecule has 2 rings (SSSR count). The maximum Gasteiger partial charge on any atom is 0.304 e. The molecule has 0 saturated carbocycles. The van der Waals surface area contributed by atoms with Crippen LogP contribution in [0.2, 0.25) is 0 Å². The summed E-state index contributed by atoms with van der Waals surface area (Å²) in [6, 6.07) is 8.47. The summed E-state index contributed by atoms with van der Waals surface area (Å²) in [4.78, 5) is 0.441. The van der Waals surface area contributed by atoms with Gasteiger partial charge in [0.2, 0.25) is 0 Å². The summed E-state index contributed by atoms with van der Waals surface area (Å²) in [5, 5.41) is 26.4. The molecule has 0 amide bonds. The van der Waals surface area contributed by atoms with Crippen LogP contribution in [-0.4, -0.2) is 15.4 Å². The Hall–Kier alpha value is -1.88. The van der Waals surface area contributed by atoms with Gasteiger partial charge >= 0.3 is 5.17 Å². The summed E-state index contributed by atoms with van der Waals surface area (Å²) in [7, 11) is 0. The maximum atomic E-state index is 9.97. The van der Waals surface area contributed by atoms with Crippen LogP contribution in [0, 0.1) is 0 Å². The van der Waals surface area contributed by atoms with Gasteiger partial charge in [-0.05, 0) is 6.07 Å². The fraction of sp³-hybridized carbons (Fsp3) is 0. The van der Waals surface area contributed by atoms with Gasteiger partial charge in [-0.1, -0.05) is 24.3 Å². The summed E-state index contributed by atoms with van der Waals surface area (Å²) >= 11 is 1.02. The first-order chi connectivity index (χ1) is 7.59. The van der Waals surface area contributed by atoms with Crippen LogP contribution in [0.3, 0.4) is 0 Å².